The highest BCUT2D eigenvalue weighted by Crippen LogP contribution is 2.39. The van der Waals surface area contributed by atoms with Gasteiger partial charge in [0.2, 0.25) is 0 Å². The molecule has 0 amide bonds. The van der Waals surface area contributed by atoms with E-state index < -0.39 is 0 Å². The molecule has 2 N–H and O–H groups in total. The van der Waals surface area contributed by atoms with E-state index in [9.17, 15) is 0 Å². The molecule has 0 spiro atoms. The van der Waals surface area contributed by atoms with Gasteiger partial charge in [-0.25, -0.2) is 0 Å². The second-order valence-corrected chi connectivity index (χ2v) is 6.62. The molecule has 2 fully saturated rings. The van der Waals surface area contributed by atoms with Gasteiger partial charge in [0.05, 0.1) is 0 Å². The minimum Gasteiger partial charge on any atom is -0.368 e. The number of hydrogen-bond acceptors (Lipinski definition) is 2. The van der Waals surface area contributed by atoms with Crippen molar-refractivity contribution in [1.82, 2.24) is 0 Å². The molecular formula is C18H28N2. The largest absolute Gasteiger partial charge is 0.368 e. The van der Waals surface area contributed by atoms with Crippen molar-refractivity contribution in [3.05, 3.63) is 29.3 Å². The summed E-state index contributed by atoms with van der Waals surface area (Å²) in [6.45, 7) is 4.17. The van der Waals surface area contributed by atoms with Crippen LogP contribution < -0.4 is 10.6 Å². The molecule has 2 aliphatic rings. The number of rotatable bonds is 3. The monoisotopic (exact) mass is 272 g/mol. The lowest BCUT2D eigenvalue weighted by Crippen LogP contribution is -2.47. The van der Waals surface area contributed by atoms with Crippen molar-refractivity contribution in [1.29, 1.82) is 0 Å². The first-order chi connectivity index (χ1) is 9.79. The standard InChI is InChI=1S/C18H28N2/c1-14-8-9-18(16(13-14)10-11-19)20-12-4-6-15-5-2-3-7-17(15)20/h8-9,13,15,17H,2-7,10-12,19H2,1H3. The van der Waals surface area contributed by atoms with Crippen LogP contribution >= 0.6 is 0 Å². The van der Waals surface area contributed by atoms with Gasteiger partial charge in [-0.15, -0.1) is 0 Å². The Hall–Kier alpha value is -1.02. The molecule has 20 heavy (non-hydrogen) atoms. The van der Waals surface area contributed by atoms with Crippen LogP contribution in [0, 0.1) is 12.8 Å². The minimum absolute atomic E-state index is 0.748. The fraction of sp³-hybridized carbons (Fsp3) is 0.667. The first-order valence-corrected chi connectivity index (χ1v) is 8.36. The van der Waals surface area contributed by atoms with Gasteiger partial charge in [0.25, 0.3) is 0 Å². The molecule has 2 unspecified atom stereocenters. The van der Waals surface area contributed by atoms with Gasteiger partial charge in [-0.05, 0) is 63.1 Å². The second-order valence-electron chi connectivity index (χ2n) is 6.62. The summed E-state index contributed by atoms with van der Waals surface area (Å²) in [7, 11) is 0. The number of fused-ring (bicyclic) bond motifs is 1. The van der Waals surface area contributed by atoms with E-state index in [1.807, 2.05) is 0 Å². The van der Waals surface area contributed by atoms with Gasteiger partial charge in [0.15, 0.2) is 0 Å². The summed E-state index contributed by atoms with van der Waals surface area (Å²) < 4.78 is 0. The van der Waals surface area contributed by atoms with Crippen LogP contribution in [0.25, 0.3) is 0 Å². The van der Waals surface area contributed by atoms with Crippen molar-refractivity contribution in [2.45, 2.75) is 57.9 Å². The zero-order valence-electron chi connectivity index (χ0n) is 12.8. The lowest BCUT2D eigenvalue weighted by molar-refractivity contribution is 0.243. The van der Waals surface area contributed by atoms with Gasteiger partial charge >= 0.3 is 0 Å². The topological polar surface area (TPSA) is 29.3 Å². The molecule has 0 aromatic heterocycles. The maximum absolute atomic E-state index is 5.82. The van der Waals surface area contributed by atoms with Crippen molar-refractivity contribution >= 4 is 5.69 Å². The average Bonchev–Trinajstić information content (AvgIpc) is 2.47. The summed E-state index contributed by atoms with van der Waals surface area (Å²) >= 11 is 0. The molecule has 2 heteroatoms. The van der Waals surface area contributed by atoms with Crippen molar-refractivity contribution in [3.8, 4) is 0 Å². The summed E-state index contributed by atoms with van der Waals surface area (Å²) in [5.41, 5.74) is 10.1. The molecule has 1 heterocycles. The Kier molecular flexibility index (Phi) is 4.30. The van der Waals surface area contributed by atoms with Crippen molar-refractivity contribution in [3.63, 3.8) is 0 Å². The van der Waals surface area contributed by atoms with Crippen LogP contribution in [0.2, 0.25) is 0 Å². The summed E-state index contributed by atoms with van der Waals surface area (Å²) in [6, 6.07) is 7.74. The summed E-state index contributed by atoms with van der Waals surface area (Å²) in [5.74, 6) is 0.935. The molecule has 2 nitrogen and oxygen atoms in total. The van der Waals surface area contributed by atoms with Crippen LogP contribution in [-0.4, -0.2) is 19.1 Å². The van der Waals surface area contributed by atoms with E-state index in [0.717, 1.165) is 24.9 Å². The number of benzene rings is 1. The highest BCUT2D eigenvalue weighted by atomic mass is 15.2. The first kappa shape index (κ1) is 13.9. The van der Waals surface area contributed by atoms with Gasteiger partial charge < -0.3 is 10.6 Å². The molecule has 1 aromatic carbocycles. The van der Waals surface area contributed by atoms with Crippen LogP contribution in [0.1, 0.15) is 49.7 Å². The molecule has 1 aliphatic carbocycles. The van der Waals surface area contributed by atoms with E-state index in [2.05, 4.69) is 30.0 Å². The molecule has 3 rings (SSSR count). The van der Waals surface area contributed by atoms with E-state index in [1.54, 1.807) is 0 Å². The van der Waals surface area contributed by atoms with E-state index in [0.29, 0.717) is 0 Å². The third kappa shape index (κ3) is 2.71. The number of piperidine rings is 1. The lowest BCUT2D eigenvalue weighted by atomic mass is 9.78. The van der Waals surface area contributed by atoms with E-state index in [4.69, 9.17) is 5.73 Å². The van der Waals surface area contributed by atoms with Gasteiger partial charge in [0.1, 0.15) is 0 Å². The van der Waals surface area contributed by atoms with E-state index in [-0.39, 0.29) is 0 Å². The van der Waals surface area contributed by atoms with Crippen LogP contribution in [-0.2, 0) is 6.42 Å². The predicted molar refractivity (Wildman–Crippen MR) is 86.3 cm³/mol. The zero-order valence-corrected chi connectivity index (χ0v) is 12.8. The third-order valence-corrected chi connectivity index (χ3v) is 5.20. The normalized spacial score (nSPS) is 26.4. The SMILES string of the molecule is Cc1ccc(N2CCCC3CCCCC32)c(CCN)c1. The van der Waals surface area contributed by atoms with Gasteiger partial charge in [-0.3, -0.25) is 0 Å². The second kappa shape index (κ2) is 6.17. The maximum Gasteiger partial charge on any atom is 0.0402 e. The Balaban J connectivity index is 1.90. The fourth-order valence-electron chi connectivity index (χ4n) is 4.27. The van der Waals surface area contributed by atoms with Crippen LogP contribution in [0.5, 0.6) is 0 Å². The Bertz CT molecular complexity index is 453. The molecule has 1 saturated heterocycles. The maximum atomic E-state index is 5.82. The van der Waals surface area contributed by atoms with E-state index in [1.165, 1.54) is 61.9 Å². The Morgan fingerprint density at radius 3 is 2.80 bits per heavy atom. The average molecular weight is 272 g/mol. The number of aryl methyl sites for hydroxylation is 1. The molecular weight excluding hydrogens is 244 g/mol. The highest BCUT2D eigenvalue weighted by molar-refractivity contribution is 5.56. The van der Waals surface area contributed by atoms with Crippen molar-refractivity contribution in [2.24, 2.45) is 11.7 Å². The molecule has 2 atom stereocenters. The lowest BCUT2D eigenvalue weighted by Gasteiger charge is -2.46. The number of nitrogens with zero attached hydrogens (tertiary/aromatic N) is 1. The van der Waals surface area contributed by atoms with Gasteiger partial charge in [0, 0.05) is 18.3 Å². The van der Waals surface area contributed by atoms with Crippen LogP contribution in [0.4, 0.5) is 5.69 Å². The molecule has 1 aliphatic heterocycles. The summed E-state index contributed by atoms with van der Waals surface area (Å²) in [6.07, 6.45) is 9.50. The van der Waals surface area contributed by atoms with Crippen LogP contribution in [0.3, 0.4) is 0 Å². The molecule has 1 saturated carbocycles. The number of hydrogen-bond donors (Lipinski definition) is 1. The van der Waals surface area contributed by atoms with Gasteiger partial charge in [-0.2, -0.15) is 0 Å². The van der Waals surface area contributed by atoms with Crippen molar-refractivity contribution < 1.29 is 0 Å². The molecule has 110 valence electrons. The quantitative estimate of drug-likeness (QED) is 0.910. The Labute approximate surface area is 123 Å². The molecule has 0 radical (unpaired) electrons. The van der Waals surface area contributed by atoms with Crippen LogP contribution in [0.15, 0.2) is 18.2 Å². The fourth-order valence-corrected chi connectivity index (χ4v) is 4.27. The third-order valence-electron chi connectivity index (χ3n) is 5.20. The molecule has 1 aromatic rings. The minimum atomic E-state index is 0.748. The highest BCUT2D eigenvalue weighted by Gasteiger charge is 2.33. The Morgan fingerprint density at radius 2 is 1.95 bits per heavy atom. The van der Waals surface area contributed by atoms with E-state index >= 15 is 0 Å². The Morgan fingerprint density at radius 1 is 1.15 bits per heavy atom. The smallest absolute Gasteiger partial charge is 0.0402 e. The summed E-state index contributed by atoms with van der Waals surface area (Å²) in [5, 5.41) is 0. The zero-order chi connectivity index (χ0) is 13.9. The summed E-state index contributed by atoms with van der Waals surface area (Å²) in [4.78, 5) is 2.72. The number of anilines is 1. The predicted octanol–water partition coefficient (Wildman–Crippen LogP) is 3.66. The van der Waals surface area contributed by atoms with Gasteiger partial charge in [-0.1, -0.05) is 30.5 Å². The number of nitrogens with two attached hydrogens (primary N) is 1. The van der Waals surface area contributed by atoms with Crippen molar-refractivity contribution in [2.75, 3.05) is 18.0 Å². The first-order valence-electron chi connectivity index (χ1n) is 8.36. The molecule has 0 bridgehead atoms.